The van der Waals surface area contributed by atoms with Gasteiger partial charge in [0, 0.05) is 37.2 Å². The lowest BCUT2D eigenvalue weighted by Gasteiger charge is -2.27. The van der Waals surface area contributed by atoms with Gasteiger partial charge in [0.05, 0.1) is 24.2 Å². The third kappa shape index (κ3) is 7.66. The van der Waals surface area contributed by atoms with E-state index in [0.29, 0.717) is 16.3 Å². The Morgan fingerprint density at radius 1 is 0.882 bits per heavy atom. The number of ether oxygens (including phenoxy) is 2. The molecule has 2 amide bonds. The minimum Gasteiger partial charge on any atom is -0.494 e. The highest BCUT2D eigenvalue weighted by atomic mass is 28.3. The molecule has 1 N–H and O–H groups in total. The van der Waals surface area contributed by atoms with Gasteiger partial charge >= 0.3 is 6.09 Å². The summed E-state index contributed by atoms with van der Waals surface area (Å²) in [6.07, 6.45) is 1.90. The normalized spacial score (nSPS) is 11.8. The zero-order chi connectivity index (χ0) is 36.3. The molecule has 6 aromatic rings. The van der Waals surface area contributed by atoms with E-state index in [1.165, 1.54) is 12.1 Å². The van der Waals surface area contributed by atoms with Crippen molar-refractivity contribution in [2.24, 2.45) is 5.92 Å². The average molecular weight is 704 g/mol. The lowest BCUT2D eigenvalue weighted by molar-refractivity contribution is -0.120. The Kier molecular flexibility index (Phi) is 10.2. The monoisotopic (exact) mass is 703 g/mol. The number of carbonyl (C=O) groups excluding carboxylic acids is 2. The molecule has 0 aliphatic heterocycles. The number of hydrogen-bond acceptors (Lipinski definition) is 6. The van der Waals surface area contributed by atoms with Crippen molar-refractivity contribution in [1.29, 1.82) is 0 Å². The number of aromatic nitrogens is 2. The van der Waals surface area contributed by atoms with E-state index >= 15 is 0 Å². The molecule has 262 valence electrons. The summed E-state index contributed by atoms with van der Waals surface area (Å²) in [5, 5.41) is 13.2. The fraction of sp³-hybridized carbons (Fsp3) is 0.244. The van der Waals surface area contributed by atoms with Crippen molar-refractivity contribution >= 4 is 47.4 Å². The van der Waals surface area contributed by atoms with Crippen LogP contribution in [0.4, 0.5) is 14.9 Å². The standard InChI is InChI=1S/C41H42FN3O5Si/c1-27(2)39(46)45(41(48)49-23-24-51(3,4)5)36-32-17-12-22-43-35(32)38(50-37(29-13-8-6-9-14-29)30-15-10-7-11-16-30)34-33(36)26-44(40(34)47)25-28-18-20-31(42)21-19-28/h6-22,26-27,37,47H,23-25H2,1-5H3. The smallest absolute Gasteiger partial charge is 0.421 e. The number of fused-ring (bicyclic) bond motifs is 2. The molecule has 51 heavy (non-hydrogen) atoms. The Hall–Kier alpha value is -5.48. The van der Waals surface area contributed by atoms with E-state index in [-0.39, 0.29) is 41.7 Å². The Balaban J connectivity index is 1.62. The summed E-state index contributed by atoms with van der Waals surface area (Å²) in [4.78, 5) is 33.9. The highest BCUT2D eigenvalue weighted by molar-refractivity contribution is 6.76. The lowest BCUT2D eigenvalue weighted by atomic mass is 10.0. The molecule has 4 aromatic carbocycles. The minimum absolute atomic E-state index is 0.165. The molecule has 0 aliphatic rings. The van der Waals surface area contributed by atoms with Gasteiger partial charge in [-0.05, 0) is 47.0 Å². The van der Waals surface area contributed by atoms with E-state index in [9.17, 15) is 19.1 Å². The van der Waals surface area contributed by atoms with Crippen LogP contribution in [0.25, 0.3) is 21.7 Å². The summed E-state index contributed by atoms with van der Waals surface area (Å²) in [6, 6.07) is 29.7. The van der Waals surface area contributed by atoms with Crippen molar-refractivity contribution in [2.45, 2.75) is 52.2 Å². The van der Waals surface area contributed by atoms with E-state index in [0.717, 1.165) is 27.6 Å². The van der Waals surface area contributed by atoms with Gasteiger partial charge in [-0.2, -0.15) is 0 Å². The van der Waals surface area contributed by atoms with Crippen LogP contribution in [-0.2, 0) is 16.1 Å². The summed E-state index contributed by atoms with van der Waals surface area (Å²) < 4.78 is 28.2. The van der Waals surface area contributed by atoms with Crippen LogP contribution >= 0.6 is 0 Å². The van der Waals surface area contributed by atoms with Crippen molar-refractivity contribution in [2.75, 3.05) is 11.5 Å². The van der Waals surface area contributed by atoms with E-state index in [4.69, 9.17) is 14.5 Å². The molecule has 0 fully saturated rings. The van der Waals surface area contributed by atoms with Crippen molar-refractivity contribution in [3.63, 3.8) is 0 Å². The van der Waals surface area contributed by atoms with Gasteiger partial charge in [0.25, 0.3) is 0 Å². The lowest BCUT2D eigenvalue weighted by Crippen LogP contribution is -2.41. The number of imide groups is 1. The molecule has 2 aromatic heterocycles. The average Bonchev–Trinajstić information content (AvgIpc) is 3.43. The van der Waals surface area contributed by atoms with Crippen LogP contribution in [0, 0.1) is 11.7 Å². The SMILES string of the molecule is CC(C)C(=O)N(C(=O)OCC[Si](C)(C)C)c1c2cccnc2c(OC(c2ccccc2)c2ccccc2)c2c(O)n(Cc3ccc(F)cc3)cc12. The molecule has 0 bridgehead atoms. The second-order valence-corrected chi connectivity index (χ2v) is 19.8. The van der Waals surface area contributed by atoms with E-state index in [1.54, 1.807) is 55.1 Å². The molecule has 6 rings (SSSR count). The number of anilines is 1. The van der Waals surface area contributed by atoms with Gasteiger partial charge in [0.2, 0.25) is 11.8 Å². The number of amides is 2. The van der Waals surface area contributed by atoms with Gasteiger partial charge in [-0.25, -0.2) is 14.1 Å². The number of benzene rings is 4. The number of nitrogens with zero attached hydrogens (tertiary/aromatic N) is 3. The van der Waals surface area contributed by atoms with Gasteiger partial charge in [-0.1, -0.05) is 106 Å². The topological polar surface area (TPSA) is 93.9 Å². The molecule has 0 saturated heterocycles. The van der Waals surface area contributed by atoms with Crippen molar-refractivity contribution in [3.8, 4) is 11.6 Å². The Morgan fingerprint density at radius 2 is 1.51 bits per heavy atom. The first-order valence-electron chi connectivity index (χ1n) is 17.1. The zero-order valence-electron chi connectivity index (χ0n) is 29.5. The van der Waals surface area contributed by atoms with Crippen LogP contribution in [0.5, 0.6) is 11.6 Å². The second kappa shape index (κ2) is 14.8. The molecule has 0 unspecified atom stereocenters. The molecule has 0 saturated carbocycles. The summed E-state index contributed by atoms with van der Waals surface area (Å²) in [6.45, 7) is 10.3. The Labute approximate surface area is 298 Å². The molecule has 0 aliphatic carbocycles. The van der Waals surface area contributed by atoms with Gasteiger partial charge in [-0.3, -0.25) is 9.78 Å². The third-order valence-electron chi connectivity index (χ3n) is 8.71. The van der Waals surface area contributed by atoms with Crippen LogP contribution in [0.1, 0.15) is 36.6 Å². The largest absolute Gasteiger partial charge is 0.494 e. The third-order valence-corrected chi connectivity index (χ3v) is 10.4. The zero-order valence-corrected chi connectivity index (χ0v) is 30.5. The maximum absolute atomic E-state index is 14.1. The fourth-order valence-corrected chi connectivity index (χ4v) is 6.73. The quantitative estimate of drug-likeness (QED) is 0.135. The number of hydrogen-bond donors (Lipinski definition) is 1. The second-order valence-electron chi connectivity index (χ2n) is 14.1. The summed E-state index contributed by atoms with van der Waals surface area (Å²) in [5.74, 6) is -1.30. The summed E-state index contributed by atoms with van der Waals surface area (Å²) in [7, 11) is -1.57. The van der Waals surface area contributed by atoms with Crippen LogP contribution in [0.3, 0.4) is 0 Å². The molecule has 2 heterocycles. The Morgan fingerprint density at radius 3 is 2.10 bits per heavy atom. The molecule has 0 atom stereocenters. The first-order chi connectivity index (χ1) is 24.4. The highest BCUT2D eigenvalue weighted by Gasteiger charge is 2.35. The van der Waals surface area contributed by atoms with Crippen molar-refractivity contribution in [1.82, 2.24) is 9.55 Å². The summed E-state index contributed by atoms with van der Waals surface area (Å²) >= 11 is 0. The molecular formula is C41H42FN3O5Si. The molecule has 8 nitrogen and oxygen atoms in total. The maximum Gasteiger partial charge on any atom is 0.421 e. The number of rotatable bonds is 11. The van der Waals surface area contributed by atoms with E-state index in [1.807, 2.05) is 60.7 Å². The number of pyridine rings is 1. The predicted octanol–water partition coefficient (Wildman–Crippen LogP) is 9.71. The first kappa shape index (κ1) is 35.3. The maximum atomic E-state index is 14.1. The molecule has 0 spiro atoms. The van der Waals surface area contributed by atoms with Crippen molar-refractivity contribution < 1.29 is 28.6 Å². The summed E-state index contributed by atoms with van der Waals surface area (Å²) in [5.41, 5.74) is 3.06. The van der Waals surface area contributed by atoms with Crippen LogP contribution < -0.4 is 9.64 Å². The van der Waals surface area contributed by atoms with Gasteiger partial charge in [-0.15, -0.1) is 0 Å². The van der Waals surface area contributed by atoms with E-state index in [2.05, 4.69) is 19.6 Å². The number of aromatic hydroxyl groups is 1. The first-order valence-corrected chi connectivity index (χ1v) is 20.8. The van der Waals surface area contributed by atoms with Crippen LogP contribution in [-0.4, -0.2) is 41.3 Å². The molecule has 0 radical (unpaired) electrons. The fourth-order valence-electron chi connectivity index (χ4n) is 6.01. The molecular weight excluding hydrogens is 662 g/mol. The Bertz CT molecular complexity index is 2120. The highest BCUT2D eigenvalue weighted by Crippen LogP contribution is 2.49. The predicted molar refractivity (Wildman–Crippen MR) is 202 cm³/mol. The molecule has 10 heteroatoms. The minimum atomic E-state index is -1.57. The number of halogens is 1. The van der Waals surface area contributed by atoms with Crippen LogP contribution in [0.2, 0.25) is 25.7 Å². The van der Waals surface area contributed by atoms with E-state index < -0.39 is 32.1 Å². The van der Waals surface area contributed by atoms with Gasteiger partial charge in [0.15, 0.2) is 5.75 Å². The van der Waals surface area contributed by atoms with Crippen LogP contribution in [0.15, 0.2) is 109 Å². The number of carbonyl (C=O) groups is 2. The van der Waals surface area contributed by atoms with Gasteiger partial charge in [0.1, 0.15) is 17.4 Å². The van der Waals surface area contributed by atoms with Gasteiger partial charge < -0.3 is 19.1 Å². The van der Waals surface area contributed by atoms with Crippen molar-refractivity contribution in [3.05, 3.63) is 132 Å².